The Labute approximate surface area is 129 Å². The fraction of sp³-hybridized carbons (Fsp3) is 0.353. The smallest absolute Gasteiger partial charge is 0.128 e. The first-order valence-electron chi connectivity index (χ1n) is 7.53. The predicted octanol–water partition coefficient (Wildman–Crippen LogP) is 2.81. The van der Waals surface area contributed by atoms with E-state index in [1.54, 1.807) is 6.20 Å². The first-order chi connectivity index (χ1) is 10.6. The molecule has 116 valence electrons. The molecule has 0 bridgehead atoms. The SMILES string of the molecule is CC(c1cc(F)ccc1O)N1CCN(c2ccccn2)CC1. The van der Waals surface area contributed by atoms with Crippen molar-refractivity contribution in [3.63, 3.8) is 0 Å². The molecule has 5 heteroatoms. The van der Waals surface area contributed by atoms with Gasteiger partial charge in [-0.15, -0.1) is 0 Å². The summed E-state index contributed by atoms with van der Waals surface area (Å²) in [6.45, 7) is 5.46. The number of pyridine rings is 1. The van der Waals surface area contributed by atoms with E-state index in [2.05, 4.69) is 14.8 Å². The third kappa shape index (κ3) is 3.04. The highest BCUT2D eigenvalue weighted by molar-refractivity contribution is 5.39. The summed E-state index contributed by atoms with van der Waals surface area (Å²) < 4.78 is 13.4. The zero-order chi connectivity index (χ0) is 15.5. The van der Waals surface area contributed by atoms with Crippen LogP contribution in [0.1, 0.15) is 18.5 Å². The first kappa shape index (κ1) is 14.8. The van der Waals surface area contributed by atoms with Gasteiger partial charge in [0, 0.05) is 44.0 Å². The lowest BCUT2D eigenvalue weighted by molar-refractivity contribution is 0.195. The zero-order valence-electron chi connectivity index (χ0n) is 12.6. The van der Waals surface area contributed by atoms with Crippen molar-refractivity contribution in [3.05, 3.63) is 54.0 Å². The van der Waals surface area contributed by atoms with E-state index in [0.29, 0.717) is 5.56 Å². The van der Waals surface area contributed by atoms with E-state index in [1.807, 2.05) is 25.1 Å². The van der Waals surface area contributed by atoms with Crippen molar-refractivity contribution in [1.29, 1.82) is 0 Å². The molecule has 0 radical (unpaired) electrons. The number of hydrogen-bond donors (Lipinski definition) is 1. The minimum Gasteiger partial charge on any atom is -0.508 e. The molecule has 1 aliphatic heterocycles. The van der Waals surface area contributed by atoms with Crippen molar-refractivity contribution in [1.82, 2.24) is 9.88 Å². The molecule has 1 atom stereocenters. The van der Waals surface area contributed by atoms with Gasteiger partial charge in [0.15, 0.2) is 0 Å². The monoisotopic (exact) mass is 301 g/mol. The number of piperazine rings is 1. The summed E-state index contributed by atoms with van der Waals surface area (Å²) in [5, 5.41) is 9.95. The van der Waals surface area contributed by atoms with Crippen LogP contribution < -0.4 is 4.90 Å². The maximum Gasteiger partial charge on any atom is 0.128 e. The van der Waals surface area contributed by atoms with Crippen LogP contribution in [0.5, 0.6) is 5.75 Å². The van der Waals surface area contributed by atoms with Crippen LogP contribution in [0.4, 0.5) is 10.2 Å². The summed E-state index contributed by atoms with van der Waals surface area (Å²) in [6, 6.07) is 10.0. The lowest BCUT2D eigenvalue weighted by Gasteiger charge is -2.38. The van der Waals surface area contributed by atoms with Crippen LogP contribution >= 0.6 is 0 Å². The van der Waals surface area contributed by atoms with Crippen LogP contribution in [0.2, 0.25) is 0 Å². The van der Waals surface area contributed by atoms with E-state index in [-0.39, 0.29) is 17.6 Å². The minimum atomic E-state index is -0.313. The molecule has 1 aromatic carbocycles. The van der Waals surface area contributed by atoms with Crippen molar-refractivity contribution in [3.8, 4) is 5.75 Å². The molecule has 0 saturated carbocycles. The number of benzene rings is 1. The molecule has 1 aliphatic rings. The fourth-order valence-corrected chi connectivity index (χ4v) is 2.94. The molecule has 1 aromatic heterocycles. The molecule has 0 spiro atoms. The Kier molecular flexibility index (Phi) is 4.24. The summed E-state index contributed by atoms with van der Waals surface area (Å²) >= 11 is 0. The van der Waals surface area contributed by atoms with Crippen LogP contribution in [0.15, 0.2) is 42.6 Å². The van der Waals surface area contributed by atoms with Crippen molar-refractivity contribution < 1.29 is 9.50 Å². The van der Waals surface area contributed by atoms with E-state index in [4.69, 9.17) is 0 Å². The topological polar surface area (TPSA) is 39.6 Å². The van der Waals surface area contributed by atoms with Crippen LogP contribution in [0.3, 0.4) is 0 Å². The Hall–Kier alpha value is -2.14. The number of hydrogen-bond acceptors (Lipinski definition) is 4. The van der Waals surface area contributed by atoms with Crippen LogP contribution in [-0.4, -0.2) is 41.2 Å². The molecular formula is C17H20FN3O. The van der Waals surface area contributed by atoms with Gasteiger partial charge in [0.1, 0.15) is 17.4 Å². The van der Waals surface area contributed by atoms with Gasteiger partial charge in [-0.25, -0.2) is 9.37 Å². The highest BCUT2D eigenvalue weighted by atomic mass is 19.1. The molecule has 1 fully saturated rings. The third-order valence-electron chi connectivity index (χ3n) is 4.27. The number of halogens is 1. The Morgan fingerprint density at radius 2 is 1.91 bits per heavy atom. The molecular weight excluding hydrogens is 281 g/mol. The highest BCUT2D eigenvalue weighted by Crippen LogP contribution is 2.30. The second kappa shape index (κ2) is 6.32. The second-order valence-electron chi connectivity index (χ2n) is 5.59. The number of phenols is 1. The van der Waals surface area contributed by atoms with E-state index in [0.717, 1.165) is 32.0 Å². The van der Waals surface area contributed by atoms with Gasteiger partial charge in [0.25, 0.3) is 0 Å². The maximum atomic E-state index is 13.4. The third-order valence-corrected chi connectivity index (χ3v) is 4.27. The number of rotatable bonds is 3. The number of aromatic nitrogens is 1. The van der Waals surface area contributed by atoms with Gasteiger partial charge in [-0.1, -0.05) is 6.07 Å². The second-order valence-corrected chi connectivity index (χ2v) is 5.59. The van der Waals surface area contributed by atoms with Gasteiger partial charge in [0.2, 0.25) is 0 Å². The Bertz CT molecular complexity index is 627. The number of phenolic OH excluding ortho intramolecular Hbond substituents is 1. The van der Waals surface area contributed by atoms with Gasteiger partial charge < -0.3 is 10.0 Å². The van der Waals surface area contributed by atoms with Crippen LogP contribution in [0, 0.1) is 5.82 Å². The van der Waals surface area contributed by atoms with Gasteiger partial charge in [0.05, 0.1) is 0 Å². The quantitative estimate of drug-likeness (QED) is 0.946. The first-order valence-corrected chi connectivity index (χ1v) is 7.53. The highest BCUT2D eigenvalue weighted by Gasteiger charge is 2.24. The average Bonchev–Trinajstić information content (AvgIpc) is 2.57. The number of nitrogens with zero attached hydrogens (tertiary/aromatic N) is 3. The molecule has 1 saturated heterocycles. The molecule has 1 unspecified atom stereocenters. The lowest BCUT2D eigenvalue weighted by atomic mass is 10.0. The van der Waals surface area contributed by atoms with Gasteiger partial charge in [-0.3, -0.25) is 4.90 Å². The van der Waals surface area contributed by atoms with E-state index in [1.165, 1.54) is 18.2 Å². The zero-order valence-corrected chi connectivity index (χ0v) is 12.6. The van der Waals surface area contributed by atoms with Crippen molar-refractivity contribution in [2.75, 3.05) is 31.1 Å². The molecule has 2 heterocycles. The van der Waals surface area contributed by atoms with Gasteiger partial charge in [-0.05, 0) is 37.3 Å². The summed E-state index contributed by atoms with van der Waals surface area (Å²) in [7, 11) is 0. The van der Waals surface area contributed by atoms with Gasteiger partial charge >= 0.3 is 0 Å². The molecule has 0 amide bonds. The van der Waals surface area contributed by atoms with E-state index >= 15 is 0 Å². The van der Waals surface area contributed by atoms with Crippen molar-refractivity contribution >= 4 is 5.82 Å². The summed E-state index contributed by atoms with van der Waals surface area (Å²) in [4.78, 5) is 8.88. The Morgan fingerprint density at radius 3 is 2.59 bits per heavy atom. The summed E-state index contributed by atoms with van der Waals surface area (Å²) in [5.41, 5.74) is 0.645. The van der Waals surface area contributed by atoms with Crippen molar-refractivity contribution in [2.45, 2.75) is 13.0 Å². The lowest BCUT2D eigenvalue weighted by Crippen LogP contribution is -2.47. The molecule has 4 nitrogen and oxygen atoms in total. The van der Waals surface area contributed by atoms with Crippen molar-refractivity contribution in [2.24, 2.45) is 0 Å². The number of aromatic hydroxyl groups is 1. The molecule has 22 heavy (non-hydrogen) atoms. The Morgan fingerprint density at radius 1 is 1.14 bits per heavy atom. The Balaban J connectivity index is 1.67. The largest absolute Gasteiger partial charge is 0.508 e. The average molecular weight is 301 g/mol. The fourth-order valence-electron chi connectivity index (χ4n) is 2.94. The van der Waals surface area contributed by atoms with Crippen LogP contribution in [-0.2, 0) is 0 Å². The maximum absolute atomic E-state index is 13.4. The van der Waals surface area contributed by atoms with Crippen LogP contribution in [0.25, 0.3) is 0 Å². The number of anilines is 1. The normalized spacial score (nSPS) is 17.5. The summed E-state index contributed by atoms with van der Waals surface area (Å²) in [5.74, 6) is 0.830. The van der Waals surface area contributed by atoms with E-state index < -0.39 is 0 Å². The summed E-state index contributed by atoms with van der Waals surface area (Å²) in [6.07, 6.45) is 1.80. The minimum absolute atomic E-state index is 0.0124. The van der Waals surface area contributed by atoms with E-state index in [9.17, 15) is 9.50 Å². The molecule has 1 N–H and O–H groups in total. The predicted molar refractivity (Wildman–Crippen MR) is 84.5 cm³/mol. The molecule has 0 aliphatic carbocycles. The molecule has 3 rings (SSSR count). The molecule has 2 aromatic rings. The standard InChI is InChI=1S/C17H20FN3O/c1-13(15-12-14(18)5-6-16(15)22)20-8-10-21(11-9-20)17-4-2-3-7-19-17/h2-7,12-13,22H,8-11H2,1H3. The van der Waals surface area contributed by atoms with Gasteiger partial charge in [-0.2, -0.15) is 0 Å².